The van der Waals surface area contributed by atoms with Crippen LogP contribution in [-0.4, -0.2) is 28.3 Å². The van der Waals surface area contributed by atoms with Gasteiger partial charge in [-0.1, -0.05) is 60.7 Å². The third kappa shape index (κ3) is 4.84. The molecule has 5 aromatic rings. The van der Waals surface area contributed by atoms with Gasteiger partial charge in [-0.15, -0.1) is 11.8 Å². The second kappa shape index (κ2) is 9.91. The van der Waals surface area contributed by atoms with Gasteiger partial charge in [0.25, 0.3) is 0 Å². The Bertz CT molecular complexity index is 1610. The Morgan fingerprint density at radius 1 is 0.838 bits per heavy atom. The lowest BCUT2D eigenvalue weighted by molar-refractivity contribution is -0.121. The Balaban J connectivity index is 1.10. The Morgan fingerprint density at radius 2 is 1.59 bits per heavy atom. The summed E-state index contributed by atoms with van der Waals surface area (Å²) in [5.74, 6) is -0.352. The molecule has 1 aliphatic heterocycles. The number of hydrogen-bond acceptors (Lipinski definition) is 4. The van der Waals surface area contributed by atoms with Crippen LogP contribution in [0.15, 0.2) is 119 Å². The first-order valence-electron chi connectivity index (χ1n) is 12.0. The van der Waals surface area contributed by atoms with Gasteiger partial charge in [0.05, 0.1) is 16.6 Å². The highest BCUT2D eigenvalue weighted by Gasteiger charge is 2.40. The molecule has 1 aromatic heterocycles. The minimum absolute atomic E-state index is 0.173. The van der Waals surface area contributed by atoms with Gasteiger partial charge in [0.15, 0.2) is 0 Å². The predicted molar refractivity (Wildman–Crippen MR) is 151 cm³/mol. The van der Waals surface area contributed by atoms with E-state index in [4.69, 9.17) is 0 Å². The Labute approximate surface area is 218 Å². The fourth-order valence-electron chi connectivity index (χ4n) is 4.46. The number of H-pyrrole nitrogens is 1. The number of rotatable bonds is 6. The maximum Gasteiger partial charge on any atom is 0.247 e. The third-order valence-electron chi connectivity index (χ3n) is 6.40. The van der Waals surface area contributed by atoms with Crippen LogP contribution >= 0.6 is 11.8 Å². The summed E-state index contributed by atoms with van der Waals surface area (Å²) in [6.45, 7) is 0. The van der Waals surface area contributed by atoms with Crippen LogP contribution in [0.3, 0.4) is 0 Å². The van der Waals surface area contributed by atoms with Crippen molar-refractivity contribution >= 4 is 52.1 Å². The number of amides is 2. The van der Waals surface area contributed by atoms with Crippen molar-refractivity contribution < 1.29 is 9.59 Å². The molecule has 0 saturated carbocycles. The van der Waals surface area contributed by atoms with Crippen LogP contribution in [0.4, 0.5) is 11.4 Å². The second-order valence-electron chi connectivity index (χ2n) is 8.87. The molecule has 4 aromatic carbocycles. The van der Waals surface area contributed by atoms with Crippen molar-refractivity contribution in [1.82, 2.24) is 4.98 Å². The number of benzene rings is 4. The summed E-state index contributed by atoms with van der Waals surface area (Å²) in [5, 5.41) is 0.602. The van der Waals surface area contributed by atoms with Crippen molar-refractivity contribution in [2.75, 3.05) is 4.90 Å². The summed E-state index contributed by atoms with van der Waals surface area (Å²) in [6, 6.07) is 33.9. The average molecular weight is 502 g/mol. The Morgan fingerprint density at radius 3 is 2.38 bits per heavy atom. The number of aliphatic imine (C=N–C) groups is 1. The van der Waals surface area contributed by atoms with E-state index in [2.05, 4.69) is 46.4 Å². The fourth-order valence-corrected chi connectivity index (χ4v) is 5.51. The fraction of sp³-hybridized carbons (Fsp3) is 0.0645. The van der Waals surface area contributed by atoms with E-state index >= 15 is 0 Å². The number of carbonyl (C=O) groups is 2. The number of aromatic nitrogens is 1. The summed E-state index contributed by atoms with van der Waals surface area (Å²) in [4.78, 5) is 35.7. The molecule has 1 aliphatic rings. The average Bonchev–Trinajstić information content (AvgIpc) is 3.52. The van der Waals surface area contributed by atoms with E-state index in [0.717, 1.165) is 27.0 Å². The summed E-state index contributed by atoms with van der Waals surface area (Å²) >= 11 is 1.42. The van der Waals surface area contributed by atoms with Crippen molar-refractivity contribution in [3.8, 4) is 11.1 Å². The number of imide groups is 1. The van der Waals surface area contributed by atoms with Crippen LogP contribution in [0.1, 0.15) is 12.0 Å². The molecule has 0 aliphatic carbocycles. The first kappa shape index (κ1) is 23.0. The van der Waals surface area contributed by atoms with Gasteiger partial charge in [-0.2, -0.15) is 0 Å². The van der Waals surface area contributed by atoms with E-state index in [-0.39, 0.29) is 18.2 Å². The number of anilines is 1. The number of aromatic amines is 1. The minimum atomic E-state index is -0.440. The molecule has 6 rings (SSSR count). The first-order valence-corrected chi connectivity index (χ1v) is 12.9. The van der Waals surface area contributed by atoms with Crippen molar-refractivity contribution in [2.45, 2.75) is 16.6 Å². The summed E-state index contributed by atoms with van der Waals surface area (Å²) < 4.78 is 0. The summed E-state index contributed by atoms with van der Waals surface area (Å²) in [5.41, 5.74) is 5.71. The molecule has 37 heavy (non-hydrogen) atoms. The number of hydrogen-bond donors (Lipinski definition) is 1. The SMILES string of the molecule is O=C1CC(Sc2ccc(N=Cc3ccc(-c4ccccc4)cc3)cc2)C(=O)N1c1ccc2cc[nH]c2c1. The molecule has 6 heteroatoms. The monoisotopic (exact) mass is 501 g/mol. The number of nitrogens with one attached hydrogen (secondary N) is 1. The van der Waals surface area contributed by atoms with Crippen molar-refractivity contribution in [2.24, 2.45) is 4.99 Å². The molecule has 180 valence electrons. The van der Waals surface area contributed by atoms with Gasteiger partial charge in [-0.05, 0) is 64.5 Å². The molecule has 1 N–H and O–H groups in total. The van der Waals surface area contributed by atoms with Crippen LogP contribution < -0.4 is 4.90 Å². The highest BCUT2D eigenvalue weighted by Crippen LogP contribution is 2.35. The van der Waals surface area contributed by atoms with Crippen molar-refractivity contribution in [3.63, 3.8) is 0 Å². The lowest BCUT2D eigenvalue weighted by Gasteiger charge is -2.15. The van der Waals surface area contributed by atoms with Gasteiger partial charge >= 0.3 is 0 Å². The zero-order valence-corrected chi connectivity index (χ0v) is 20.7. The van der Waals surface area contributed by atoms with E-state index < -0.39 is 5.25 Å². The molecule has 0 spiro atoms. The van der Waals surface area contributed by atoms with E-state index in [1.807, 2.05) is 79.1 Å². The molecule has 5 nitrogen and oxygen atoms in total. The van der Waals surface area contributed by atoms with Gasteiger partial charge in [0.1, 0.15) is 0 Å². The topological polar surface area (TPSA) is 65.5 Å². The second-order valence-corrected chi connectivity index (χ2v) is 10.1. The van der Waals surface area contributed by atoms with Crippen molar-refractivity contribution in [3.05, 3.63) is 115 Å². The lowest BCUT2D eigenvalue weighted by atomic mass is 10.0. The van der Waals surface area contributed by atoms with Crippen LogP contribution in [0.25, 0.3) is 22.0 Å². The van der Waals surface area contributed by atoms with Gasteiger partial charge < -0.3 is 4.98 Å². The number of fused-ring (bicyclic) bond motifs is 1. The molecular formula is C31H23N3O2S. The van der Waals surface area contributed by atoms with Crippen LogP contribution in [0.5, 0.6) is 0 Å². The normalized spacial score (nSPS) is 15.8. The zero-order chi connectivity index (χ0) is 25.2. The smallest absolute Gasteiger partial charge is 0.247 e. The molecule has 1 fully saturated rings. The maximum atomic E-state index is 13.1. The highest BCUT2D eigenvalue weighted by atomic mass is 32.2. The Hall–Kier alpha value is -4.42. The standard InChI is InChI=1S/C31H23N3O2S/c35-30-19-29(31(36)34(30)26-13-10-24-16-17-32-28(24)18-26)37-27-14-11-25(12-15-27)33-20-21-6-8-23(9-7-21)22-4-2-1-3-5-22/h1-18,20,29,32H,19H2. The van der Waals surface area contributed by atoms with Crippen LogP contribution in [-0.2, 0) is 9.59 Å². The molecule has 1 unspecified atom stereocenters. The third-order valence-corrected chi connectivity index (χ3v) is 7.59. The summed E-state index contributed by atoms with van der Waals surface area (Å²) in [6.07, 6.45) is 3.87. The van der Waals surface area contributed by atoms with Crippen molar-refractivity contribution in [1.29, 1.82) is 0 Å². The molecule has 0 radical (unpaired) electrons. The molecule has 2 heterocycles. The van der Waals surface area contributed by atoms with E-state index in [1.165, 1.54) is 27.8 Å². The quantitative estimate of drug-likeness (QED) is 0.201. The largest absolute Gasteiger partial charge is 0.361 e. The number of thioether (sulfide) groups is 1. The lowest BCUT2D eigenvalue weighted by Crippen LogP contribution is -2.31. The molecule has 2 amide bonds. The maximum absolute atomic E-state index is 13.1. The predicted octanol–water partition coefficient (Wildman–Crippen LogP) is 7.01. The number of nitrogens with zero attached hydrogens (tertiary/aromatic N) is 2. The van der Waals surface area contributed by atoms with E-state index in [1.54, 1.807) is 0 Å². The molecule has 1 saturated heterocycles. The first-order chi connectivity index (χ1) is 18.1. The zero-order valence-electron chi connectivity index (χ0n) is 19.9. The van der Waals surface area contributed by atoms with Gasteiger partial charge in [-0.25, -0.2) is 4.90 Å². The minimum Gasteiger partial charge on any atom is -0.361 e. The van der Waals surface area contributed by atoms with E-state index in [9.17, 15) is 9.59 Å². The molecule has 1 atom stereocenters. The van der Waals surface area contributed by atoms with E-state index in [0.29, 0.717) is 5.69 Å². The molecule has 0 bridgehead atoms. The van der Waals surface area contributed by atoms with Gasteiger partial charge in [-0.3, -0.25) is 14.6 Å². The highest BCUT2D eigenvalue weighted by molar-refractivity contribution is 8.00. The van der Waals surface area contributed by atoms with Crippen LogP contribution in [0.2, 0.25) is 0 Å². The Kier molecular flexibility index (Phi) is 6.16. The summed E-state index contributed by atoms with van der Waals surface area (Å²) in [7, 11) is 0. The van der Waals surface area contributed by atoms with Crippen LogP contribution in [0, 0.1) is 0 Å². The molecular weight excluding hydrogens is 478 g/mol. The van der Waals surface area contributed by atoms with Gasteiger partial charge in [0, 0.05) is 29.2 Å². The van der Waals surface area contributed by atoms with Gasteiger partial charge in [0.2, 0.25) is 11.8 Å². The number of carbonyl (C=O) groups excluding carboxylic acids is 2.